The second kappa shape index (κ2) is 4.55. The van der Waals surface area contributed by atoms with Crippen LogP contribution in [0, 0.1) is 19.8 Å². The molecule has 0 spiro atoms. The van der Waals surface area contributed by atoms with E-state index in [9.17, 15) is 0 Å². The lowest BCUT2D eigenvalue weighted by Crippen LogP contribution is -2.08. The lowest BCUT2D eigenvalue weighted by atomic mass is 10.2. The number of aryl methyl sites for hydroxylation is 1. The maximum absolute atomic E-state index is 5.73. The quantitative estimate of drug-likeness (QED) is 0.796. The molecule has 0 radical (unpaired) electrons. The number of hydrogen-bond acceptors (Lipinski definition) is 6. The molecule has 3 heterocycles. The van der Waals surface area contributed by atoms with Gasteiger partial charge in [-0.05, 0) is 19.8 Å². The number of hydrogen-bond donors (Lipinski definition) is 1. The van der Waals surface area contributed by atoms with Gasteiger partial charge in [-0.15, -0.1) is 15.3 Å². The fourth-order valence-electron chi connectivity index (χ4n) is 2.33. The molecule has 0 saturated heterocycles. The fourth-order valence-corrected chi connectivity index (χ4v) is 2.94. The van der Waals surface area contributed by atoms with Crippen LogP contribution < -0.4 is 5.73 Å². The van der Waals surface area contributed by atoms with Crippen molar-refractivity contribution in [1.82, 2.24) is 29.6 Å². The summed E-state index contributed by atoms with van der Waals surface area (Å²) in [6.07, 6.45) is 0. The molecule has 106 valence electrons. The van der Waals surface area contributed by atoms with Crippen LogP contribution in [-0.2, 0) is 6.54 Å². The molecule has 0 fully saturated rings. The summed E-state index contributed by atoms with van der Waals surface area (Å²) in [4.78, 5) is 0.702. The molecule has 0 unspecified atom stereocenters. The van der Waals surface area contributed by atoms with E-state index in [1.54, 1.807) is 4.52 Å². The third-order valence-corrected chi connectivity index (χ3v) is 3.88. The first-order valence-corrected chi connectivity index (χ1v) is 7.31. The van der Waals surface area contributed by atoms with Gasteiger partial charge in [0.15, 0.2) is 5.82 Å². The first-order valence-electron chi connectivity index (χ1n) is 6.49. The fraction of sp³-hybridized carbons (Fsp3) is 0.500. The summed E-state index contributed by atoms with van der Waals surface area (Å²) in [5, 5.41) is 17.7. The van der Waals surface area contributed by atoms with Crippen LogP contribution in [0.1, 0.15) is 25.2 Å². The van der Waals surface area contributed by atoms with E-state index in [0.29, 0.717) is 21.8 Å². The van der Waals surface area contributed by atoms with E-state index in [2.05, 4.69) is 41.2 Å². The van der Waals surface area contributed by atoms with Gasteiger partial charge >= 0.3 is 0 Å². The molecule has 3 aromatic rings. The Hall–Kier alpha value is -1.96. The summed E-state index contributed by atoms with van der Waals surface area (Å²) >= 11 is 1.33. The average Bonchev–Trinajstić information content (AvgIpc) is 2.95. The van der Waals surface area contributed by atoms with Crippen molar-refractivity contribution in [3.8, 4) is 11.4 Å². The second-order valence-electron chi connectivity index (χ2n) is 5.28. The van der Waals surface area contributed by atoms with Crippen molar-refractivity contribution in [2.24, 2.45) is 5.92 Å². The lowest BCUT2D eigenvalue weighted by molar-refractivity contribution is 0.473. The Balaban J connectivity index is 2.16. The van der Waals surface area contributed by atoms with Crippen molar-refractivity contribution >= 4 is 21.4 Å². The molecule has 3 rings (SSSR count). The van der Waals surface area contributed by atoms with Crippen LogP contribution in [0.25, 0.3) is 16.3 Å². The predicted octanol–water partition coefficient (Wildman–Crippen LogP) is 1.90. The van der Waals surface area contributed by atoms with Gasteiger partial charge < -0.3 is 5.73 Å². The standard InChI is InChI=1S/C12H17N7S/c1-6(2)5-18-8(4)9(7(3)16-18)10-14-15-12-19(10)17-11(13)20-12/h6H,5H2,1-4H3,(H2,13,17). The van der Waals surface area contributed by atoms with Crippen LogP contribution in [-0.4, -0.2) is 29.6 Å². The summed E-state index contributed by atoms with van der Waals surface area (Å²) < 4.78 is 3.71. The van der Waals surface area contributed by atoms with Gasteiger partial charge in [0.2, 0.25) is 10.1 Å². The summed E-state index contributed by atoms with van der Waals surface area (Å²) in [6.45, 7) is 9.26. The zero-order chi connectivity index (χ0) is 14.4. The summed E-state index contributed by atoms with van der Waals surface area (Å²) in [7, 11) is 0. The van der Waals surface area contributed by atoms with Crippen LogP contribution in [0.2, 0.25) is 0 Å². The number of rotatable bonds is 3. The number of anilines is 1. The number of aromatic nitrogens is 6. The van der Waals surface area contributed by atoms with Crippen molar-refractivity contribution in [2.45, 2.75) is 34.2 Å². The van der Waals surface area contributed by atoms with Gasteiger partial charge in [-0.3, -0.25) is 4.68 Å². The molecule has 0 saturated carbocycles. The molecule has 7 nitrogen and oxygen atoms in total. The first-order chi connectivity index (χ1) is 9.47. The van der Waals surface area contributed by atoms with Crippen molar-refractivity contribution in [2.75, 3.05) is 5.73 Å². The molecular weight excluding hydrogens is 274 g/mol. The molecule has 0 atom stereocenters. The van der Waals surface area contributed by atoms with Crippen LogP contribution in [0.3, 0.4) is 0 Å². The van der Waals surface area contributed by atoms with Crippen LogP contribution >= 0.6 is 11.3 Å². The van der Waals surface area contributed by atoms with E-state index in [-0.39, 0.29) is 0 Å². The van der Waals surface area contributed by atoms with Crippen molar-refractivity contribution in [3.63, 3.8) is 0 Å². The van der Waals surface area contributed by atoms with Gasteiger partial charge in [-0.1, -0.05) is 25.2 Å². The molecule has 0 bridgehead atoms. The molecule has 0 aliphatic rings. The van der Waals surface area contributed by atoms with Gasteiger partial charge in [0.1, 0.15) is 0 Å². The Bertz CT molecular complexity index is 764. The molecule has 0 aromatic carbocycles. The average molecular weight is 291 g/mol. The monoisotopic (exact) mass is 291 g/mol. The maximum atomic E-state index is 5.73. The van der Waals surface area contributed by atoms with Gasteiger partial charge in [-0.2, -0.15) is 9.61 Å². The minimum atomic E-state index is 0.487. The molecule has 8 heteroatoms. The molecular formula is C12H17N7S. The second-order valence-corrected chi connectivity index (χ2v) is 6.27. The Morgan fingerprint density at radius 3 is 2.65 bits per heavy atom. The van der Waals surface area contributed by atoms with Crippen LogP contribution in [0.5, 0.6) is 0 Å². The van der Waals surface area contributed by atoms with Crippen LogP contribution in [0.4, 0.5) is 5.13 Å². The van der Waals surface area contributed by atoms with Gasteiger partial charge in [0.05, 0.1) is 11.3 Å². The Kier molecular flexibility index (Phi) is 2.97. The van der Waals surface area contributed by atoms with Crippen molar-refractivity contribution in [3.05, 3.63) is 11.4 Å². The first kappa shape index (κ1) is 13.0. The van der Waals surface area contributed by atoms with E-state index in [4.69, 9.17) is 5.73 Å². The summed E-state index contributed by atoms with van der Waals surface area (Å²) in [5.74, 6) is 1.24. The largest absolute Gasteiger partial charge is 0.374 e. The van der Waals surface area contributed by atoms with Gasteiger partial charge in [0, 0.05) is 12.2 Å². The molecule has 0 aliphatic carbocycles. The van der Waals surface area contributed by atoms with E-state index in [0.717, 1.165) is 23.5 Å². The Labute approximate surface area is 120 Å². The van der Waals surface area contributed by atoms with E-state index >= 15 is 0 Å². The third kappa shape index (κ3) is 1.96. The predicted molar refractivity (Wildman–Crippen MR) is 78.6 cm³/mol. The molecule has 2 N–H and O–H groups in total. The van der Waals surface area contributed by atoms with Crippen molar-refractivity contribution < 1.29 is 0 Å². The number of nitrogens with two attached hydrogens (primary N) is 1. The van der Waals surface area contributed by atoms with Gasteiger partial charge in [-0.25, -0.2) is 0 Å². The Morgan fingerprint density at radius 1 is 1.20 bits per heavy atom. The van der Waals surface area contributed by atoms with E-state index in [1.807, 2.05) is 11.6 Å². The smallest absolute Gasteiger partial charge is 0.236 e. The molecule has 0 aliphatic heterocycles. The highest BCUT2D eigenvalue weighted by molar-refractivity contribution is 7.20. The van der Waals surface area contributed by atoms with E-state index in [1.165, 1.54) is 11.3 Å². The highest BCUT2D eigenvalue weighted by atomic mass is 32.1. The number of nitrogens with zero attached hydrogens (tertiary/aromatic N) is 6. The van der Waals surface area contributed by atoms with E-state index < -0.39 is 0 Å². The maximum Gasteiger partial charge on any atom is 0.236 e. The number of fused-ring (bicyclic) bond motifs is 1. The molecule has 0 amide bonds. The van der Waals surface area contributed by atoms with Crippen LogP contribution in [0.15, 0.2) is 0 Å². The topological polar surface area (TPSA) is 86.9 Å². The Morgan fingerprint density at radius 2 is 1.95 bits per heavy atom. The zero-order valence-corrected chi connectivity index (χ0v) is 12.8. The van der Waals surface area contributed by atoms with Crippen molar-refractivity contribution in [1.29, 1.82) is 0 Å². The minimum absolute atomic E-state index is 0.487. The highest BCUT2D eigenvalue weighted by Crippen LogP contribution is 2.28. The molecule has 3 aromatic heterocycles. The number of nitrogen functional groups attached to an aromatic ring is 1. The highest BCUT2D eigenvalue weighted by Gasteiger charge is 2.20. The zero-order valence-electron chi connectivity index (χ0n) is 12.0. The minimum Gasteiger partial charge on any atom is -0.374 e. The lowest BCUT2D eigenvalue weighted by Gasteiger charge is -2.07. The SMILES string of the molecule is Cc1nn(CC(C)C)c(C)c1-c1nnc2sc(N)nn12. The molecule has 20 heavy (non-hydrogen) atoms. The summed E-state index contributed by atoms with van der Waals surface area (Å²) in [6, 6.07) is 0. The third-order valence-electron chi connectivity index (χ3n) is 3.15. The van der Waals surface area contributed by atoms with Gasteiger partial charge in [0.25, 0.3) is 0 Å². The normalized spacial score (nSPS) is 11.8. The summed E-state index contributed by atoms with van der Waals surface area (Å²) in [5.41, 5.74) is 8.73.